The van der Waals surface area contributed by atoms with Crippen LogP contribution in [-0.4, -0.2) is 40.6 Å². The van der Waals surface area contributed by atoms with Gasteiger partial charge in [0.1, 0.15) is 11.5 Å². The van der Waals surface area contributed by atoms with E-state index in [9.17, 15) is 26.7 Å². The molecule has 1 aliphatic heterocycles. The molecule has 0 aliphatic carbocycles. The summed E-state index contributed by atoms with van der Waals surface area (Å²) in [6.45, 7) is 1.60. The Hall–Kier alpha value is -3.80. The quantitative estimate of drug-likeness (QED) is 0.162. The summed E-state index contributed by atoms with van der Waals surface area (Å²) < 4.78 is 77.6. The Morgan fingerprint density at radius 1 is 1.03 bits per heavy atom. The average Bonchev–Trinajstić information content (AvgIpc) is 3.58. The molecule has 2 aromatic carbocycles. The van der Waals surface area contributed by atoms with Gasteiger partial charge in [-0.25, -0.2) is 18.2 Å². The fourth-order valence-corrected chi connectivity index (χ4v) is 5.35. The monoisotopic (exact) mass is 549 g/mol. The zero-order valence-electron chi connectivity index (χ0n) is 19.9. The molecule has 0 spiro atoms. The Kier molecular flexibility index (Phi) is 7.15. The van der Waals surface area contributed by atoms with E-state index in [1.807, 2.05) is 42.6 Å². The molecule has 0 saturated carbocycles. The van der Waals surface area contributed by atoms with Gasteiger partial charge < -0.3 is 14.2 Å². The standard InChI is InChI=1S/C26H20F5N3O3S/c1-13-18(24(33-37-13)14-5-3-2-4-6-14)16-12-38-26(32-16)15-7-9-34(10-8-15)17(35)11-36-25-22(30)20(28)19(27)21(29)23(25)31/h2-6,12,15H,7-11H2,1H3. The highest BCUT2D eigenvalue weighted by molar-refractivity contribution is 7.10. The SMILES string of the molecule is Cc1onc(-c2ccccc2)c1-c1csc(C2CCN(C(=O)COc3c(F)c(F)c(F)c(F)c3F)CC2)n1. The number of hydrogen-bond donors (Lipinski definition) is 0. The van der Waals surface area contributed by atoms with Crippen molar-refractivity contribution in [2.24, 2.45) is 0 Å². The molecule has 12 heteroatoms. The molecule has 38 heavy (non-hydrogen) atoms. The van der Waals surface area contributed by atoms with Gasteiger partial charge in [0.05, 0.1) is 16.3 Å². The van der Waals surface area contributed by atoms with Gasteiger partial charge in [-0.15, -0.1) is 11.3 Å². The van der Waals surface area contributed by atoms with Gasteiger partial charge in [-0.3, -0.25) is 4.79 Å². The van der Waals surface area contributed by atoms with E-state index in [1.54, 1.807) is 0 Å². The smallest absolute Gasteiger partial charge is 0.260 e. The number of carbonyl (C=O) groups is 1. The molecule has 5 rings (SSSR count). The van der Waals surface area contributed by atoms with Gasteiger partial charge in [-0.1, -0.05) is 35.5 Å². The van der Waals surface area contributed by atoms with Crippen LogP contribution in [0.5, 0.6) is 5.75 Å². The van der Waals surface area contributed by atoms with Gasteiger partial charge in [-0.2, -0.15) is 8.78 Å². The fraction of sp³-hybridized carbons (Fsp3) is 0.269. The largest absolute Gasteiger partial charge is 0.477 e. The second-order valence-corrected chi connectivity index (χ2v) is 9.63. The van der Waals surface area contributed by atoms with Crippen molar-refractivity contribution in [3.63, 3.8) is 0 Å². The number of benzene rings is 2. The molecule has 4 aromatic rings. The Morgan fingerprint density at radius 3 is 2.32 bits per heavy atom. The molecule has 0 bridgehead atoms. The molecule has 1 aliphatic rings. The number of aromatic nitrogens is 2. The third-order valence-electron chi connectivity index (χ3n) is 6.39. The van der Waals surface area contributed by atoms with Gasteiger partial charge in [0, 0.05) is 30.0 Å². The van der Waals surface area contributed by atoms with Crippen LogP contribution >= 0.6 is 11.3 Å². The molecule has 0 unspecified atom stereocenters. The molecule has 0 N–H and O–H groups in total. The average molecular weight is 550 g/mol. The van der Waals surface area contributed by atoms with Crippen LogP contribution in [0.4, 0.5) is 22.0 Å². The van der Waals surface area contributed by atoms with E-state index in [-0.39, 0.29) is 5.92 Å². The third-order valence-corrected chi connectivity index (χ3v) is 7.40. The minimum absolute atomic E-state index is 0.0780. The summed E-state index contributed by atoms with van der Waals surface area (Å²) in [5, 5.41) is 7.04. The number of ether oxygens (including phenoxy) is 1. The van der Waals surface area contributed by atoms with Gasteiger partial charge >= 0.3 is 0 Å². The molecule has 198 valence electrons. The second-order valence-electron chi connectivity index (χ2n) is 8.74. The summed E-state index contributed by atoms with van der Waals surface area (Å²) in [6, 6.07) is 9.63. The number of amides is 1. The number of piperidine rings is 1. The number of hydrogen-bond acceptors (Lipinski definition) is 6. The van der Waals surface area contributed by atoms with Crippen LogP contribution in [0.1, 0.15) is 29.5 Å². The molecule has 0 atom stereocenters. The lowest BCUT2D eigenvalue weighted by Crippen LogP contribution is -2.40. The Bertz CT molecular complexity index is 1450. The maximum absolute atomic E-state index is 13.8. The number of thiazole rings is 1. The number of rotatable bonds is 6. The normalized spacial score (nSPS) is 14.2. The van der Waals surface area contributed by atoms with Crippen LogP contribution in [0.15, 0.2) is 40.2 Å². The number of carbonyl (C=O) groups excluding carboxylic acids is 1. The van der Waals surface area contributed by atoms with Crippen molar-refractivity contribution in [1.82, 2.24) is 15.0 Å². The van der Waals surface area contributed by atoms with Crippen molar-refractivity contribution in [3.05, 3.63) is 75.6 Å². The second kappa shape index (κ2) is 10.5. The lowest BCUT2D eigenvalue weighted by atomic mass is 9.97. The van der Waals surface area contributed by atoms with Crippen LogP contribution < -0.4 is 4.74 Å². The summed E-state index contributed by atoms with van der Waals surface area (Å²) in [4.78, 5) is 18.8. The maximum Gasteiger partial charge on any atom is 0.260 e. The first-order valence-corrected chi connectivity index (χ1v) is 12.5. The fourth-order valence-electron chi connectivity index (χ4n) is 4.37. The third kappa shape index (κ3) is 4.75. The molecular formula is C26H20F5N3O3S. The first-order valence-electron chi connectivity index (χ1n) is 11.7. The van der Waals surface area contributed by atoms with E-state index in [2.05, 4.69) is 5.16 Å². The van der Waals surface area contributed by atoms with Crippen LogP contribution in [0, 0.1) is 36.0 Å². The zero-order chi connectivity index (χ0) is 27.0. The lowest BCUT2D eigenvalue weighted by Gasteiger charge is -2.31. The highest BCUT2D eigenvalue weighted by atomic mass is 32.1. The van der Waals surface area contributed by atoms with Crippen molar-refractivity contribution in [2.45, 2.75) is 25.7 Å². The van der Waals surface area contributed by atoms with Gasteiger partial charge in [-0.05, 0) is 19.8 Å². The van der Waals surface area contributed by atoms with E-state index in [4.69, 9.17) is 14.2 Å². The maximum atomic E-state index is 13.8. The first-order chi connectivity index (χ1) is 18.3. The van der Waals surface area contributed by atoms with Crippen LogP contribution in [-0.2, 0) is 4.79 Å². The summed E-state index contributed by atoms with van der Waals surface area (Å²) in [5.74, 6) is -12.2. The minimum Gasteiger partial charge on any atom is -0.477 e. The highest BCUT2D eigenvalue weighted by Gasteiger charge is 2.30. The number of halogens is 5. The van der Waals surface area contributed by atoms with Crippen LogP contribution in [0.3, 0.4) is 0 Å². The number of nitrogens with zero attached hydrogens (tertiary/aromatic N) is 3. The van der Waals surface area contributed by atoms with Crippen molar-refractivity contribution < 1.29 is 36.0 Å². The van der Waals surface area contributed by atoms with Crippen LogP contribution in [0.2, 0.25) is 0 Å². The molecule has 3 heterocycles. The number of likely N-dealkylation sites (tertiary alicyclic amines) is 1. The van der Waals surface area contributed by atoms with E-state index in [0.29, 0.717) is 37.4 Å². The summed E-state index contributed by atoms with van der Waals surface area (Å²) >= 11 is 1.50. The van der Waals surface area contributed by atoms with Gasteiger partial charge in [0.25, 0.3) is 5.91 Å². The van der Waals surface area contributed by atoms with E-state index >= 15 is 0 Å². The Morgan fingerprint density at radius 2 is 1.66 bits per heavy atom. The first kappa shape index (κ1) is 25.8. The highest BCUT2D eigenvalue weighted by Crippen LogP contribution is 2.38. The van der Waals surface area contributed by atoms with Gasteiger partial charge in [0.2, 0.25) is 29.1 Å². The Labute approximate surface area is 217 Å². The molecule has 2 aromatic heterocycles. The molecule has 1 fully saturated rings. The molecule has 1 saturated heterocycles. The topological polar surface area (TPSA) is 68.5 Å². The van der Waals surface area contributed by atoms with Crippen molar-refractivity contribution in [1.29, 1.82) is 0 Å². The molecule has 0 radical (unpaired) electrons. The van der Waals surface area contributed by atoms with E-state index < -0.39 is 47.3 Å². The number of aryl methyl sites for hydroxylation is 1. The summed E-state index contributed by atoms with van der Waals surface area (Å²) in [5.41, 5.74) is 3.18. The summed E-state index contributed by atoms with van der Waals surface area (Å²) in [6.07, 6.45) is 1.16. The van der Waals surface area contributed by atoms with Crippen molar-refractivity contribution in [2.75, 3.05) is 19.7 Å². The minimum atomic E-state index is -2.29. The van der Waals surface area contributed by atoms with E-state index in [0.717, 1.165) is 21.8 Å². The predicted molar refractivity (Wildman–Crippen MR) is 128 cm³/mol. The van der Waals surface area contributed by atoms with Gasteiger partial charge in [0.15, 0.2) is 12.4 Å². The summed E-state index contributed by atoms with van der Waals surface area (Å²) in [7, 11) is 0. The van der Waals surface area contributed by atoms with Crippen molar-refractivity contribution in [3.8, 4) is 28.3 Å². The molecular weight excluding hydrogens is 529 g/mol. The molecule has 6 nitrogen and oxygen atoms in total. The lowest BCUT2D eigenvalue weighted by molar-refractivity contribution is -0.134. The molecule has 1 amide bonds. The Balaban J connectivity index is 1.22. The van der Waals surface area contributed by atoms with Crippen LogP contribution in [0.25, 0.3) is 22.5 Å². The predicted octanol–water partition coefficient (Wildman–Crippen LogP) is 6.25. The van der Waals surface area contributed by atoms with Crippen molar-refractivity contribution >= 4 is 17.2 Å². The zero-order valence-corrected chi connectivity index (χ0v) is 20.8. The van der Waals surface area contributed by atoms with E-state index in [1.165, 1.54) is 16.2 Å².